The van der Waals surface area contributed by atoms with Gasteiger partial charge in [-0.2, -0.15) is 0 Å². The summed E-state index contributed by atoms with van der Waals surface area (Å²) in [5.74, 6) is -0.726. The van der Waals surface area contributed by atoms with Crippen molar-refractivity contribution in [3.05, 3.63) is 52.8 Å². The van der Waals surface area contributed by atoms with Gasteiger partial charge in [0.15, 0.2) is 0 Å². The van der Waals surface area contributed by atoms with Gasteiger partial charge < -0.3 is 5.73 Å². The van der Waals surface area contributed by atoms with Gasteiger partial charge in [0, 0.05) is 4.47 Å². The zero-order chi connectivity index (χ0) is 14.0. The summed E-state index contributed by atoms with van der Waals surface area (Å²) in [5, 5.41) is 0. The second-order valence-electron chi connectivity index (χ2n) is 3.74. The Morgan fingerprint density at radius 3 is 2.42 bits per heavy atom. The second kappa shape index (κ2) is 5.18. The first-order valence-electron chi connectivity index (χ1n) is 5.23. The zero-order valence-corrected chi connectivity index (χ0v) is 12.0. The first-order valence-corrected chi connectivity index (χ1v) is 7.51. The fourth-order valence-electron chi connectivity index (χ4n) is 1.50. The predicted molar refractivity (Wildman–Crippen MR) is 75.8 cm³/mol. The molecule has 0 heterocycles. The van der Waals surface area contributed by atoms with Gasteiger partial charge in [-0.05, 0) is 40.2 Å². The highest BCUT2D eigenvalue weighted by Gasteiger charge is 2.20. The van der Waals surface area contributed by atoms with Crippen molar-refractivity contribution < 1.29 is 12.8 Å². The highest BCUT2D eigenvalue weighted by atomic mass is 79.9. The lowest BCUT2D eigenvalue weighted by molar-refractivity contribution is 0.598. The summed E-state index contributed by atoms with van der Waals surface area (Å²) < 4.78 is 40.4. The van der Waals surface area contributed by atoms with E-state index in [2.05, 4.69) is 20.7 Å². The molecule has 0 radical (unpaired) electrons. The van der Waals surface area contributed by atoms with Crippen LogP contribution in [0.1, 0.15) is 0 Å². The molecule has 2 rings (SSSR count). The third-order valence-electron chi connectivity index (χ3n) is 2.41. The molecule has 7 heteroatoms. The normalized spacial score (nSPS) is 11.3. The van der Waals surface area contributed by atoms with Crippen LogP contribution in [-0.2, 0) is 10.0 Å². The van der Waals surface area contributed by atoms with Crippen LogP contribution >= 0.6 is 15.9 Å². The molecular formula is C12H10BrFN2O2S. The van der Waals surface area contributed by atoms with Crippen molar-refractivity contribution in [1.82, 2.24) is 0 Å². The molecule has 4 nitrogen and oxygen atoms in total. The largest absolute Gasteiger partial charge is 0.397 e. The van der Waals surface area contributed by atoms with Crippen LogP contribution in [0.15, 0.2) is 51.8 Å². The molecule has 0 saturated carbocycles. The minimum Gasteiger partial charge on any atom is -0.397 e. The molecule has 3 N–H and O–H groups in total. The van der Waals surface area contributed by atoms with Crippen molar-refractivity contribution in [2.24, 2.45) is 0 Å². The van der Waals surface area contributed by atoms with E-state index in [1.54, 1.807) is 18.2 Å². The first-order chi connectivity index (χ1) is 8.92. The van der Waals surface area contributed by atoms with Gasteiger partial charge in [-0.1, -0.05) is 18.2 Å². The van der Waals surface area contributed by atoms with Crippen molar-refractivity contribution in [2.45, 2.75) is 4.90 Å². The van der Waals surface area contributed by atoms with Gasteiger partial charge in [0.2, 0.25) is 0 Å². The fraction of sp³-hybridized carbons (Fsp3) is 0. The Morgan fingerprint density at radius 2 is 1.79 bits per heavy atom. The molecule has 100 valence electrons. The van der Waals surface area contributed by atoms with E-state index in [1.165, 1.54) is 18.2 Å². The summed E-state index contributed by atoms with van der Waals surface area (Å²) in [5.41, 5.74) is 5.34. The molecule has 0 spiro atoms. The van der Waals surface area contributed by atoms with Gasteiger partial charge in [-0.15, -0.1) is 0 Å². The molecule has 0 amide bonds. The van der Waals surface area contributed by atoms with Crippen LogP contribution < -0.4 is 10.5 Å². The highest BCUT2D eigenvalue weighted by molar-refractivity contribution is 9.10. The minimum atomic E-state index is -3.91. The van der Waals surface area contributed by atoms with Crippen molar-refractivity contribution >= 4 is 37.3 Å². The molecule has 2 aromatic rings. The number of nitrogens with one attached hydrogen (secondary N) is 1. The second-order valence-corrected chi connectivity index (χ2v) is 6.25. The number of hydrogen-bond donors (Lipinski definition) is 2. The quantitative estimate of drug-likeness (QED) is 0.840. The number of nitrogen functional groups attached to an aromatic ring is 1. The monoisotopic (exact) mass is 344 g/mol. The van der Waals surface area contributed by atoms with Gasteiger partial charge in [-0.3, -0.25) is 4.72 Å². The average molecular weight is 345 g/mol. The van der Waals surface area contributed by atoms with E-state index < -0.39 is 15.8 Å². The third-order valence-corrected chi connectivity index (χ3v) is 4.77. The van der Waals surface area contributed by atoms with E-state index in [4.69, 9.17) is 5.73 Å². The summed E-state index contributed by atoms with van der Waals surface area (Å²) in [6, 6.07) is 10.2. The van der Waals surface area contributed by atoms with E-state index >= 15 is 0 Å². The number of sulfonamides is 1. The topological polar surface area (TPSA) is 72.2 Å². The molecule has 0 aliphatic carbocycles. The van der Waals surface area contributed by atoms with Crippen molar-refractivity contribution in [3.8, 4) is 0 Å². The average Bonchev–Trinajstić information content (AvgIpc) is 2.34. The number of anilines is 2. The Balaban J connectivity index is 2.46. The number of halogens is 2. The molecule has 0 aliphatic heterocycles. The number of nitrogens with two attached hydrogens (primary N) is 1. The Hall–Kier alpha value is -1.60. The Morgan fingerprint density at radius 1 is 1.11 bits per heavy atom. The van der Waals surface area contributed by atoms with Crippen LogP contribution in [0.5, 0.6) is 0 Å². The SMILES string of the molecule is Nc1cccc(F)c1NS(=O)(=O)c1ccccc1Br. The van der Waals surface area contributed by atoms with Crippen LogP contribution in [0, 0.1) is 5.82 Å². The third kappa shape index (κ3) is 2.87. The summed E-state index contributed by atoms with van der Waals surface area (Å²) >= 11 is 3.14. The van der Waals surface area contributed by atoms with Crippen LogP contribution in [0.3, 0.4) is 0 Å². The van der Waals surface area contributed by atoms with Crippen molar-refractivity contribution in [2.75, 3.05) is 10.5 Å². The smallest absolute Gasteiger partial charge is 0.263 e. The molecule has 0 bridgehead atoms. The number of para-hydroxylation sites is 1. The van der Waals surface area contributed by atoms with Crippen LogP contribution in [0.2, 0.25) is 0 Å². The van der Waals surface area contributed by atoms with Gasteiger partial charge in [0.1, 0.15) is 16.4 Å². The molecule has 0 aromatic heterocycles. The van der Waals surface area contributed by atoms with Gasteiger partial charge >= 0.3 is 0 Å². The van der Waals surface area contributed by atoms with E-state index in [0.29, 0.717) is 4.47 Å². The first kappa shape index (κ1) is 13.8. The summed E-state index contributed by atoms with van der Waals surface area (Å²) in [6.07, 6.45) is 0. The zero-order valence-electron chi connectivity index (χ0n) is 9.60. The predicted octanol–water partition coefficient (Wildman–Crippen LogP) is 2.97. The molecule has 0 aliphatic rings. The van der Waals surface area contributed by atoms with Crippen LogP contribution in [-0.4, -0.2) is 8.42 Å². The molecule has 2 aromatic carbocycles. The summed E-state index contributed by atoms with van der Waals surface area (Å²) in [7, 11) is -3.91. The van der Waals surface area contributed by atoms with Gasteiger partial charge in [0.05, 0.1) is 5.69 Å². The molecule has 19 heavy (non-hydrogen) atoms. The molecule has 0 atom stereocenters. The van der Waals surface area contributed by atoms with E-state index in [0.717, 1.165) is 6.07 Å². The maximum atomic E-state index is 13.6. The fourth-order valence-corrected chi connectivity index (χ4v) is 3.60. The summed E-state index contributed by atoms with van der Waals surface area (Å²) in [6.45, 7) is 0. The Labute approximate surface area is 118 Å². The Bertz CT molecular complexity index is 699. The van der Waals surface area contributed by atoms with Gasteiger partial charge in [0.25, 0.3) is 10.0 Å². The van der Waals surface area contributed by atoms with Crippen LogP contribution in [0.4, 0.5) is 15.8 Å². The molecule has 0 unspecified atom stereocenters. The molecular weight excluding hydrogens is 335 g/mol. The maximum absolute atomic E-state index is 13.6. The lowest BCUT2D eigenvalue weighted by atomic mass is 10.3. The molecule has 0 fully saturated rings. The van der Waals surface area contributed by atoms with Crippen molar-refractivity contribution in [3.63, 3.8) is 0 Å². The summed E-state index contributed by atoms with van der Waals surface area (Å²) in [4.78, 5) is 0.0117. The van der Waals surface area contributed by atoms with Crippen molar-refractivity contribution in [1.29, 1.82) is 0 Å². The standard InChI is InChI=1S/C12H10BrFN2O2S/c13-8-4-1-2-7-11(8)19(17,18)16-12-9(14)5-3-6-10(12)15/h1-7,16H,15H2. The maximum Gasteiger partial charge on any atom is 0.263 e. The van der Waals surface area contributed by atoms with Crippen LogP contribution in [0.25, 0.3) is 0 Å². The number of hydrogen-bond acceptors (Lipinski definition) is 3. The highest BCUT2D eigenvalue weighted by Crippen LogP contribution is 2.28. The van der Waals surface area contributed by atoms with E-state index in [-0.39, 0.29) is 16.3 Å². The minimum absolute atomic E-state index is 0.0117. The number of rotatable bonds is 3. The number of benzene rings is 2. The van der Waals surface area contributed by atoms with E-state index in [1.807, 2.05) is 0 Å². The lowest BCUT2D eigenvalue weighted by Gasteiger charge is -2.12. The van der Waals surface area contributed by atoms with Gasteiger partial charge in [-0.25, -0.2) is 12.8 Å². The molecule has 0 saturated heterocycles. The Kier molecular flexibility index (Phi) is 3.77. The van der Waals surface area contributed by atoms with E-state index in [9.17, 15) is 12.8 Å². The lowest BCUT2D eigenvalue weighted by Crippen LogP contribution is -2.15.